The number of nitro benzene ring substituents is 1. The number of rotatable bonds is 7. The van der Waals surface area contributed by atoms with E-state index in [2.05, 4.69) is 9.82 Å². The van der Waals surface area contributed by atoms with Gasteiger partial charge in [-0.05, 0) is 31.0 Å². The minimum Gasteiger partial charge on any atom is -0.258 e. The lowest BCUT2D eigenvalue weighted by atomic mass is 10.2. The molecule has 0 aliphatic carbocycles. The van der Waals surface area contributed by atoms with Gasteiger partial charge >= 0.3 is 5.69 Å². The molecule has 1 N–H and O–H groups in total. The van der Waals surface area contributed by atoms with Gasteiger partial charge in [-0.1, -0.05) is 12.1 Å². The van der Waals surface area contributed by atoms with E-state index >= 15 is 0 Å². The van der Waals surface area contributed by atoms with E-state index in [0.29, 0.717) is 17.6 Å². The van der Waals surface area contributed by atoms with Crippen LogP contribution in [0.4, 0.5) is 5.69 Å². The molecule has 0 spiro atoms. The monoisotopic (exact) mass is 391 g/mol. The summed E-state index contributed by atoms with van der Waals surface area (Å²) in [6, 6.07) is 8.86. The number of benzene rings is 1. The SMILES string of the molecule is Cc1ccc([N+](=O)[O-])cc1S(=O)(=O)NCCCn1nc2ccccn2c1=O. The summed E-state index contributed by atoms with van der Waals surface area (Å²) >= 11 is 0. The summed E-state index contributed by atoms with van der Waals surface area (Å²) in [7, 11) is -3.90. The molecular weight excluding hydrogens is 374 g/mol. The second-order valence-corrected chi connectivity index (χ2v) is 7.63. The first-order valence-corrected chi connectivity index (χ1v) is 9.57. The van der Waals surface area contributed by atoms with Gasteiger partial charge in [-0.15, -0.1) is 5.10 Å². The molecule has 0 aliphatic heterocycles. The fourth-order valence-corrected chi connectivity index (χ4v) is 3.96. The molecule has 3 aromatic rings. The molecule has 0 atom stereocenters. The summed E-state index contributed by atoms with van der Waals surface area (Å²) < 4.78 is 29.9. The Morgan fingerprint density at radius 2 is 2.04 bits per heavy atom. The van der Waals surface area contributed by atoms with Crippen LogP contribution in [0.3, 0.4) is 0 Å². The molecule has 0 amide bonds. The summed E-state index contributed by atoms with van der Waals surface area (Å²) in [6.07, 6.45) is 1.94. The summed E-state index contributed by atoms with van der Waals surface area (Å²) in [5, 5.41) is 15.0. The van der Waals surface area contributed by atoms with Gasteiger partial charge in [0.25, 0.3) is 5.69 Å². The Bertz CT molecular complexity index is 1170. The van der Waals surface area contributed by atoms with Crippen LogP contribution in [0.1, 0.15) is 12.0 Å². The summed E-state index contributed by atoms with van der Waals surface area (Å²) in [6.45, 7) is 1.86. The van der Waals surface area contributed by atoms with Crippen LogP contribution in [0, 0.1) is 17.0 Å². The van der Waals surface area contributed by atoms with Crippen LogP contribution >= 0.6 is 0 Å². The quantitative estimate of drug-likeness (QED) is 0.365. The molecule has 2 heterocycles. The lowest BCUT2D eigenvalue weighted by Gasteiger charge is -2.09. The number of nitrogens with zero attached hydrogens (tertiary/aromatic N) is 4. The fourth-order valence-electron chi connectivity index (χ4n) is 2.62. The first-order valence-electron chi connectivity index (χ1n) is 8.08. The zero-order valence-electron chi connectivity index (χ0n) is 14.4. The molecule has 2 aromatic heterocycles. The van der Waals surface area contributed by atoms with E-state index < -0.39 is 14.9 Å². The van der Waals surface area contributed by atoms with E-state index in [1.165, 1.54) is 21.2 Å². The van der Waals surface area contributed by atoms with E-state index in [9.17, 15) is 23.3 Å². The van der Waals surface area contributed by atoms with Gasteiger partial charge in [0.05, 0.1) is 9.82 Å². The third-order valence-electron chi connectivity index (χ3n) is 4.00. The minimum atomic E-state index is -3.90. The average Bonchev–Trinajstić information content (AvgIpc) is 2.95. The maximum atomic E-state index is 12.4. The van der Waals surface area contributed by atoms with E-state index in [1.807, 2.05) is 0 Å². The Morgan fingerprint density at radius 1 is 1.26 bits per heavy atom. The van der Waals surface area contributed by atoms with Crippen molar-refractivity contribution in [3.63, 3.8) is 0 Å². The summed E-state index contributed by atoms with van der Waals surface area (Å²) in [5.74, 6) is 0. The van der Waals surface area contributed by atoms with Crippen molar-refractivity contribution in [2.75, 3.05) is 6.54 Å². The fraction of sp³-hybridized carbons (Fsp3) is 0.250. The third-order valence-corrected chi connectivity index (χ3v) is 5.60. The molecule has 0 saturated heterocycles. The molecule has 0 radical (unpaired) electrons. The number of fused-ring (bicyclic) bond motifs is 1. The number of aromatic nitrogens is 3. The summed E-state index contributed by atoms with van der Waals surface area (Å²) in [5.41, 5.74) is 0.320. The largest absolute Gasteiger partial charge is 0.350 e. The average molecular weight is 391 g/mol. The number of nitro groups is 1. The molecule has 0 fully saturated rings. The predicted molar refractivity (Wildman–Crippen MR) is 97.1 cm³/mol. The zero-order chi connectivity index (χ0) is 19.6. The maximum Gasteiger partial charge on any atom is 0.350 e. The summed E-state index contributed by atoms with van der Waals surface area (Å²) in [4.78, 5) is 22.2. The van der Waals surface area contributed by atoms with Gasteiger partial charge in [0.2, 0.25) is 10.0 Å². The standard InChI is InChI=1S/C16H17N5O5S/c1-12-6-7-13(21(23)24)11-14(12)27(25,26)17-8-4-10-20-16(22)19-9-3-2-5-15(19)18-20/h2-3,5-7,9,11,17H,4,8,10H2,1H3. The first-order chi connectivity index (χ1) is 12.8. The Kier molecular flexibility index (Phi) is 5.06. The molecule has 0 saturated carbocycles. The van der Waals surface area contributed by atoms with Crippen LogP contribution in [0.2, 0.25) is 0 Å². The van der Waals surface area contributed by atoms with Crippen molar-refractivity contribution in [3.05, 3.63) is 68.8 Å². The predicted octanol–water partition coefficient (Wildman–Crippen LogP) is 1.08. The molecule has 0 unspecified atom stereocenters. The molecule has 11 heteroatoms. The number of pyridine rings is 1. The van der Waals surface area contributed by atoms with E-state index in [0.717, 1.165) is 6.07 Å². The molecule has 3 rings (SSSR count). The maximum absolute atomic E-state index is 12.4. The highest BCUT2D eigenvalue weighted by Crippen LogP contribution is 2.21. The number of sulfonamides is 1. The molecule has 10 nitrogen and oxygen atoms in total. The van der Waals surface area contributed by atoms with Gasteiger partial charge in [0.15, 0.2) is 5.65 Å². The van der Waals surface area contributed by atoms with E-state index in [4.69, 9.17) is 0 Å². The van der Waals surface area contributed by atoms with Crippen molar-refractivity contribution < 1.29 is 13.3 Å². The van der Waals surface area contributed by atoms with Crippen molar-refractivity contribution in [2.45, 2.75) is 24.8 Å². The minimum absolute atomic E-state index is 0.0603. The Hall–Kier alpha value is -3.05. The number of hydrogen-bond acceptors (Lipinski definition) is 6. The van der Waals surface area contributed by atoms with Crippen LogP contribution in [-0.2, 0) is 16.6 Å². The lowest BCUT2D eigenvalue weighted by molar-refractivity contribution is -0.385. The number of nitrogens with one attached hydrogen (secondary N) is 1. The van der Waals surface area contributed by atoms with Crippen molar-refractivity contribution in [2.24, 2.45) is 0 Å². The second kappa shape index (κ2) is 7.29. The molecule has 0 aliphatic rings. The van der Waals surface area contributed by atoms with E-state index in [1.54, 1.807) is 31.3 Å². The number of hydrogen-bond donors (Lipinski definition) is 1. The Balaban J connectivity index is 1.67. The van der Waals surface area contributed by atoms with Crippen LogP contribution in [0.25, 0.3) is 5.65 Å². The highest BCUT2D eigenvalue weighted by molar-refractivity contribution is 7.89. The van der Waals surface area contributed by atoms with Gasteiger partial charge < -0.3 is 0 Å². The van der Waals surface area contributed by atoms with Crippen molar-refractivity contribution in [1.82, 2.24) is 18.9 Å². The molecule has 1 aromatic carbocycles. The molecule has 142 valence electrons. The Morgan fingerprint density at radius 3 is 2.74 bits per heavy atom. The van der Waals surface area contributed by atoms with Crippen LogP contribution in [0.15, 0.2) is 52.3 Å². The van der Waals surface area contributed by atoms with Crippen LogP contribution < -0.4 is 10.4 Å². The molecular formula is C16H17N5O5S. The highest BCUT2D eigenvalue weighted by Gasteiger charge is 2.20. The van der Waals surface area contributed by atoms with Crippen molar-refractivity contribution in [3.8, 4) is 0 Å². The van der Waals surface area contributed by atoms with Gasteiger partial charge in [0.1, 0.15) is 0 Å². The topological polar surface area (TPSA) is 129 Å². The number of non-ortho nitro benzene ring substituents is 1. The molecule has 27 heavy (non-hydrogen) atoms. The smallest absolute Gasteiger partial charge is 0.258 e. The van der Waals surface area contributed by atoms with Gasteiger partial charge in [-0.2, -0.15) is 0 Å². The van der Waals surface area contributed by atoms with Gasteiger partial charge in [-0.25, -0.2) is 22.6 Å². The van der Waals surface area contributed by atoms with Gasteiger partial charge in [0, 0.05) is 31.4 Å². The van der Waals surface area contributed by atoms with Crippen LogP contribution in [-0.4, -0.2) is 34.1 Å². The Labute approximate surface area is 154 Å². The van der Waals surface area contributed by atoms with Crippen molar-refractivity contribution >= 4 is 21.4 Å². The van der Waals surface area contributed by atoms with Gasteiger partial charge in [-0.3, -0.25) is 14.5 Å². The lowest BCUT2D eigenvalue weighted by Crippen LogP contribution is -2.28. The van der Waals surface area contributed by atoms with Crippen molar-refractivity contribution in [1.29, 1.82) is 0 Å². The molecule has 0 bridgehead atoms. The second-order valence-electron chi connectivity index (χ2n) is 5.89. The van der Waals surface area contributed by atoms with E-state index in [-0.39, 0.29) is 29.4 Å². The number of aryl methyl sites for hydroxylation is 2. The zero-order valence-corrected chi connectivity index (χ0v) is 15.2. The normalized spacial score (nSPS) is 11.7. The first kappa shape index (κ1) is 18.7. The third kappa shape index (κ3) is 3.88. The van der Waals surface area contributed by atoms with Crippen LogP contribution in [0.5, 0.6) is 0 Å². The highest BCUT2D eigenvalue weighted by atomic mass is 32.2.